The average molecular weight is 407 g/mol. The average Bonchev–Trinajstić information content (AvgIpc) is 2.68. The van der Waals surface area contributed by atoms with E-state index in [1.165, 1.54) is 25.1 Å². The summed E-state index contributed by atoms with van der Waals surface area (Å²) in [4.78, 5) is 24.4. The molecule has 0 unspecified atom stereocenters. The molecule has 1 aliphatic heterocycles. The predicted molar refractivity (Wildman–Crippen MR) is 98.4 cm³/mol. The van der Waals surface area contributed by atoms with Gasteiger partial charge in [0.2, 0.25) is 0 Å². The first-order valence-corrected chi connectivity index (χ1v) is 8.85. The number of fused-ring (bicyclic) bond motifs is 1. The molecule has 0 radical (unpaired) electrons. The number of para-hydroxylation sites is 2. The maximum atomic E-state index is 12.5. The van der Waals surface area contributed by atoms with Gasteiger partial charge in [-0.15, -0.1) is 0 Å². The summed E-state index contributed by atoms with van der Waals surface area (Å²) in [6.07, 6.45) is -1.21. The van der Waals surface area contributed by atoms with Crippen LogP contribution in [0.25, 0.3) is 0 Å². The Kier molecular flexibility index (Phi) is 6.48. The zero-order chi connectivity index (χ0) is 20.8. The van der Waals surface area contributed by atoms with Crippen LogP contribution >= 0.6 is 0 Å². The van der Waals surface area contributed by atoms with E-state index in [0.717, 1.165) is 0 Å². The summed E-state index contributed by atoms with van der Waals surface area (Å²) >= 11 is 0. The van der Waals surface area contributed by atoms with E-state index in [9.17, 15) is 18.4 Å². The molecule has 9 heteroatoms. The third kappa shape index (κ3) is 5.56. The Balaban J connectivity index is 1.56. The van der Waals surface area contributed by atoms with Crippen molar-refractivity contribution in [3.63, 3.8) is 0 Å². The number of rotatable bonds is 7. The highest BCUT2D eigenvalue weighted by molar-refractivity contribution is 5.96. The number of benzene rings is 2. The number of anilines is 1. The molecule has 0 spiro atoms. The first kappa shape index (κ1) is 20.4. The smallest absolute Gasteiger partial charge is 0.387 e. The van der Waals surface area contributed by atoms with Crippen molar-refractivity contribution in [2.24, 2.45) is 0 Å². The summed E-state index contributed by atoms with van der Waals surface area (Å²) in [7, 11) is 0. The molecular formula is C20H19F2NO6. The maximum Gasteiger partial charge on any atom is 0.387 e. The van der Waals surface area contributed by atoms with Crippen LogP contribution in [0.15, 0.2) is 42.5 Å². The van der Waals surface area contributed by atoms with Gasteiger partial charge in [-0.1, -0.05) is 18.2 Å². The molecule has 0 bridgehead atoms. The lowest BCUT2D eigenvalue weighted by molar-refractivity contribution is -0.152. The van der Waals surface area contributed by atoms with Gasteiger partial charge in [0, 0.05) is 0 Å². The van der Waals surface area contributed by atoms with E-state index in [2.05, 4.69) is 10.1 Å². The Morgan fingerprint density at radius 2 is 1.83 bits per heavy atom. The molecule has 0 fully saturated rings. The number of nitrogens with one attached hydrogen (secondary N) is 1. The fraction of sp³-hybridized carbons (Fsp3) is 0.300. The standard InChI is InChI=1S/C20H19F2NO6/c1-12(19(25)23-14-4-2-3-5-15(14)29-20(21)22)28-18(24)11-13-6-7-16-17(10-13)27-9-8-26-16/h2-7,10,12,20H,8-9,11H2,1H3,(H,23,25)/t12-/m0/s1. The number of halogens is 2. The Morgan fingerprint density at radius 1 is 1.10 bits per heavy atom. The molecule has 154 valence electrons. The topological polar surface area (TPSA) is 83.1 Å². The minimum absolute atomic E-state index is 0.0486. The summed E-state index contributed by atoms with van der Waals surface area (Å²) in [6.45, 7) is -0.760. The lowest BCUT2D eigenvalue weighted by Gasteiger charge is -2.19. The third-order valence-corrected chi connectivity index (χ3v) is 3.99. The number of ether oxygens (including phenoxy) is 4. The van der Waals surface area contributed by atoms with E-state index in [0.29, 0.717) is 30.3 Å². The summed E-state index contributed by atoms with van der Waals surface area (Å²) in [5.74, 6) is -0.341. The van der Waals surface area contributed by atoms with E-state index < -0.39 is 24.6 Å². The molecule has 1 heterocycles. The monoisotopic (exact) mass is 407 g/mol. The maximum absolute atomic E-state index is 12.5. The van der Waals surface area contributed by atoms with Crippen molar-refractivity contribution >= 4 is 17.6 Å². The lowest BCUT2D eigenvalue weighted by Crippen LogP contribution is -2.30. The fourth-order valence-corrected chi connectivity index (χ4v) is 2.66. The van der Waals surface area contributed by atoms with Crippen molar-refractivity contribution in [1.29, 1.82) is 0 Å². The molecule has 0 aliphatic carbocycles. The van der Waals surface area contributed by atoms with Crippen molar-refractivity contribution < 1.29 is 37.3 Å². The highest BCUT2D eigenvalue weighted by Crippen LogP contribution is 2.31. The first-order chi connectivity index (χ1) is 13.9. The highest BCUT2D eigenvalue weighted by atomic mass is 19.3. The normalized spacial score (nSPS) is 13.5. The second kappa shape index (κ2) is 9.22. The van der Waals surface area contributed by atoms with Gasteiger partial charge >= 0.3 is 12.6 Å². The van der Waals surface area contributed by atoms with Crippen LogP contribution in [0, 0.1) is 0 Å². The Bertz CT molecular complexity index is 889. The van der Waals surface area contributed by atoms with Gasteiger partial charge < -0.3 is 24.3 Å². The number of esters is 1. The van der Waals surface area contributed by atoms with Crippen LogP contribution in [0.3, 0.4) is 0 Å². The van der Waals surface area contributed by atoms with E-state index in [4.69, 9.17) is 14.2 Å². The summed E-state index contributed by atoms with van der Waals surface area (Å²) in [5, 5.41) is 2.41. The summed E-state index contributed by atoms with van der Waals surface area (Å²) in [5.41, 5.74) is 0.690. The van der Waals surface area contributed by atoms with Crippen LogP contribution in [0.1, 0.15) is 12.5 Å². The number of hydrogen-bond acceptors (Lipinski definition) is 6. The van der Waals surface area contributed by atoms with Gasteiger partial charge in [-0.05, 0) is 36.8 Å². The minimum Gasteiger partial charge on any atom is -0.486 e. The summed E-state index contributed by atoms with van der Waals surface area (Å²) < 4.78 is 45.3. The number of hydrogen-bond donors (Lipinski definition) is 1. The van der Waals surface area contributed by atoms with Gasteiger partial charge in [0.25, 0.3) is 5.91 Å². The Labute approximate surface area is 165 Å². The molecular weight excluding hydrogens is 388 g/mol. The molecule has 29 heavy (non-hydrogen) atoms. The van der Waals surface area contributed by atoms with Gasteiger partial charge in [-0.2, -0.15) is 8.78 Å². The molecule has 1 amide bonds. The number of amides is 1. The van der Waals surface area contributed by atoms with Crippen LogP contribution in [0.5, 0.6) is 17.2 Å². The Hall–Kier alpha value is -3.36. The minimum atomic E-state index is -3.03. The molecule has 0 saturated heterocycles. The van der Waals surface area contributed by atoms with E-state index >= 15 is 0 Å². The summed E-state index contributed by atoms with van der Waals surface area (Å²) in [6, 6.07) is 10.8. The SMILES string of the molecule is C[C@H](OC(=O)Cc1ccc2c(c1)OCCO2)C(=O)Nc1ccccc1OC(F)F. The van der Waals surface area contributed by atoms with Gasteiger partial charge in [-0.25, -0.2) is 0 Å². The van der Waals surface area contributed by atoms with Gasteiger partial charge in [0.1, 0.15) is 19.0 Å². The van der Waals surface area contributed by atoms with Crippen molar-refractivity contribution in [2.75, 3.05) is 18.5 Å². The van der Waals surface area contributed by atoms with Crippen LogP contribution < -0.4 is 19.5 Å². The first-order valence-electron chi connectivity index (χ1n) is 8.85. The number of carbonyl (C=O) groups excluding carboxylic acids is 2. The second-order valence-corrected chi connectivity index (χ2v) is 6.15. The van der Waals surface area contributed by atoms with Crippen molar-refractivity contribution in [3.8, 4) is 17.2 Å². The van der Waals surface area contributed by atoms with Crippen LogP contribution in [0.2, 0.25) is 0 Å². The van der Waals surface area contributed by atoms with E-state index in [-0.39, 0.29) is 17.9 Å². The molecule has 2 aromatic rings. The van der Waals surface area contributed by atoms with Crippen LogP contribution in [-0.4, -0.2) is 37.8 Å². The molecule has 0 aromatic heterocycles. The largest absolute Gasteiger partial charge is 0.486 e. The highest BCUT2D eigenvalue weighted by Gasteiger charge is 2.21. The van der Waals surface area contributed by atoms with Gasteiger partial charge in [0.05, 0.1) is 12.1 Å². The van der Waals surface area contributed by atoms with Crippen LogP contribution in [0.4, 0.5) is 14.5 Å². The van der Waals surface area contributed by atoms with Crippen molar-refractivity contribution in [3.05, 3.63) is 48.0 Å². The molecule has 1 aliphatic rings. The van der Waals surface area contributed by atoms with Crippen LogP contribution in [-0.2, 0) is 20.7 Å². The molecule has 2 aromatic carbocycles. The lowest BCUT2D eigenvalue weighted by atomic mass is 10.1. The van der Waals surface area contributed by atoms with E-state index in [1.54, 1.807) is 24.3 Å². The number of carbonyl (C=O) groups is 2. The fourth-order valence-electron chi connectivity index (χ4n) is 2.66. The zero-order valence-corrected chi connectivity index (χ0v) is 15.5. The van der Waals surface area contributed by atoms with Crippen molar-refractivity contribution in [2.45, 2.75) is 26.1 Å². The molecule has 1 N–H and O–H groups in total. The Morgan fingerprint density at radius 3 is 2.59 bits per heavy atom. The second-order valence-electron chi connectivity index (χ2n) is 6.15. The zero-order valence-electron chi connectivity index (χ0n) is 15.5. The van der Waals surface area contributed by atoms with Gasteiger partial charge in [0.15, 0.2) is 17.6 Å². The molecule has 3 rings (SSSR count). The quantitative estimate of drug-likeness (QED) is 0.710. The van der Waals surface area contributed by atoms with Crippen molar-refractivity contribution in [1.82, 2.24) is 0 Å². The predicted octanol–water partition coefficient (Wildman–Crippen LogP) is 3.17. The van der Waals surface area contributed by atoms with Gasteiger partial charge in [-0.3, -0.25) is 9.59 Å². The van der Waals surface area contributed by atoms with E-state index in [1.807, 2.05) is 0 Å². The third-order valence-electron chi connectivity index (χ3n) is 3.99. The molecule has 1 atom stereocenters. The number of alkyl halides is 2. The molecule has 7 nitrogen and oxygen atoms in total. The molecule has 0 saturated carbocycles.